The van der Waals surface area contributed by atoms with E-state index in [9.17, 15) is 4.79 Å². The van der Waals surface area contributed by atoms with Gasteiger partial charge in [-0.2, -0.15) is 5.10 Å². The summed E-state index contributed by atoms with van der Waals surface area (Å²) in [7, 11) is 1.74. The Balaban J connectivity index is 2.88. The Morgan fingerprint density at radius 2 is 2.35 bits per heavy atom. The highest BCUT2D eigenvalue weighted by Crippen LogP contribution is 2.07. The van der Waals surface area contributed by atoms with Crippen molar-refractivity contribution in [2.24, 2.45) is 17.9 Å². The molecule has 1 rings (SSSR count). The van der Waals surface area contributed by atoms with E-state index in [1.165, 1.54) is 11.1 Å². The molecule has 7 heteroatoms. The molecule has 0 spiro atoms. The van der Waals surface area contributed by atoms with Crippen LogP contribution in [-0.2, 0) is 7.05 Å². The van der Waals surface area contributed by atoms with Crippen LogP contribution in [-0.4, -0.2) is 44.2 Å². The third kappa shape index (κ3) is 3.20. The summed E-state index contributed by atoms with van der Waals surface area (Å²) < 4.78 is 1.55. The van der Waals surface area contributed by atoms with Gasteiger partial charge in [0.15, 0.2) is 5.84 Å². The van der Waals surface area contributed by atoms with Gasteiger partial charge in [0.1, 0.15) is 0 Å². The van der Waals surface area contributed by atoms with Crippen molar-refractivity contribution in [3.63, 3.8) is 0 Å². The number of aromatic nitrogens is 2. The van der Waals surface area contributed by atoms with Crippen LogP contribution < -0.4 is 5.73 Å². The van der Waals surface area contributed by atoms with E-state index in [2.05, 4.69) is 10.3 Å². The first kappa shape index (κ1) is 13.0. The molecule has 1 aromatic rings. The number of nitrogens with two attached hydrogens (primary N) is 1. The number of amidine groups is 1. The fourth-order valence-electron chi connectivity index (χ4n) is 1.39. The van der Waals surface area contributed by atoms with Crippen molar-refractivity contribution in [1.82, 2.24) is 14.7 Å². The van der Waals surface area contributed by atoms with Crippen LogP contribution in [0.2, 0.25) is 0 Å². The van der Waals surface area contributed by atoms with Gasteiger partial charge < -0.3 is 15.8 Å². The predicted octanol–water partition coefficient (Wildman–Crippen LogP) is 0.0171. The summed E-state index contributed by atoms with van der Waals surface area (Å²) >= 11 is 0. The molecule has 0 atom stereocenters. The highest BCUT2D eigenvalue weighted by atomic mass is 16.4. The fourth-order valence-corrected chi connectivity index (χ4v) is 1.39. The molecule has 0 bridgehead atoms. The zero-order valence-corrected chi connectivity index (χ0v) is 10.2. The first-order chi connectivity index (χ1) is 7.95. The highest BCUT2D eigenvalue weighted by molar-refractivity contribution is 5.96. The molecular formula is C10H17N5O2. The second-order valence-corrected chi connectivity index (χ2v) is 4.02. The third-order valence-corrected chi connectivity index (χ3v) is 2.30. The topological polar surface area (TPSA) is 96.7 Å². The van der Waals surface area contributed by atoms with E-state index < -0.39 is 0 Å². The number of rotatable bonds is 4. The van der Waals surface area contributed by atoms with E-state index in [0.29, 0.717) is 5.56 Å². The maximum atomic E-state index is 12.1. The summed E-state index contributed by atoms with van der Waals surface area (Å²) in [5.41, 5.74) is 5.90. The number of carbonyl (C=O) groups is 1. The summed E-state index contributed by atoms with van der Waals surface area (Å²) in [6.07, 6.45) is 3.12. The molecule has 1 heterocycles. The highest BCUT2D eigenvalue weighted by Gasteiger charge is 2.21. The molecular weight excluding hydrogens is 222 g/mol. The van der Waals surface area contributed by atoms with Crippen LogP contribution in [0, 0.1) is 0 Å². The maximum Gasteiger partial charge on any atom is 0.257 e. The van der Waals surface area contributed by atoms with Crippen molar-refractivity contribution in [2.45, 2.75) is 19.9 Å². The van der Waals surface area contributed by atoms with Gasteiger partial charge in [0.25, 0.3) is 5.91 Å². The zero-order valence-electron chi connectivity index (χ0n) is 10.2. The average Bonchev–Trinajstić information content (AvgIpc) is 2.71. The SMILES string of the molecule is CC(C)N(CC(N)=NO)C(=O)c1cnn(C)c1. The first-order valence-corrected chi connectivity index (χ1v) is 5.21. The molecule has 0 unspecified atom stereocenters. The van der Waals surface area contributed by atoms with Gasteiger partial charge in [0.05, 0.1) is 18.3 Å². The van der Waals surface area contributed by atoms with Gasteiger partial charge in [0, 0.05) is 19.3 Å². The second kappa shape index (κ2) is 5.33. The summed E-state index contributed by atoms with van der Waals surface area (Å²) in [4.78, 5) is 13.6. The summed E-state index contributed by atoms with van der Waals surface area (Å²) in [6, 6.07) is -0.0528. The quantitative estimate of drug-likeness (QED) is 0.335. The van der Waals surface area contributed by atoms with E-state index in [1.807, 2.05) is 13.8 Å². The molecule has 3 N–H and O–H groups in total. The molecule has 1 amide bonds. The Kier molecular flexibility index (Phi) is 4.08. The molecule has 0 aromatic carbocycles. The fraction of sp³-hybridized carbons (Fsp3) is 0.500. The van der Waals surface area contributed by atoms with Gasteiger partial charge >= 0.3 is 0 Å². The molecule has 0 aliphatic rings. The minimum absolute atomic E-state index is 0.00376. The van der Waals surface area contributed by atoms with Crippen molar-refractivity contribution < 1.29 is 10.0 Å². The molecule has 0 saturated carbocycles. The molecule has 0 aliphatic carbocycles. The number of aryl methyl sites for hydroxylation is 1. The van der Waals surface area contributed by atoms with Crippen molar-refractivity contribution >= 4 is 11.7 Å². The second-order valence-electron chi connectivity index (χ2n) is 4.02. The Morgan fingerprint density at radius 1 is 1.71 bits per heavy atom. The van der Waals surface area contributed by atoms with E-state index in [-0.39, 0.29) is 24.3 Å². The first-order valence-electron chi connectivity index (χ1n) is 5.21. The van der Waals surface area contributed by atoms with Crippen LogP contribution in [0.25, 0.3) is 0 Å². The van der Waals surface area contributed by atoms with E-state index in [1.54, 1.807) is 17.9 Å². The largest absolute Gasteiger partial charge is 0.409 e. The Bertz CT molecular complexity index is 424. The van der Waals surface area contributed by atoms with Gasteiger partial charge in [0.2, 0.25) is 0 Å². The van der Waals surface area contributed by atoms with Crippen molar-refractivity contribution in [1.29, 1.82) is 0 Å². The third-order valence-electron chi connectivity index (χ3n) is 2.30. The van der Waals surface area contributed by atoms with Gasteiger partial charge in [-0.15, -0.1) is 0 Å². The Labute approximate surface area is 99.5 Å². The summed E-state index contributed by atoms with van der Waals surface area (Å²) in [5.74, 6) is -0.198. The van der Waals surface area contributed by atoms with Crippen LogP contribution in [0.15, 0.2) is 17.5 Å². The van der Waals surface area contributed by atoms with Crippen molar-refractivity contribution in [2.75, 3.05) is 6.54 Å². The molecule has 0 aliphatic heterocycles. The molecule has 7 nitrogen and oxygen atoms in total. The number of amides is 1. The number of carbonyl (C=O) groups excluding carboxylic acids is 1. The van der Waals surface area contributed by atoms with Gasteiger partial charge in [-0.25, -0.2) is 0 Å². The Morgan fingerprint density at radius 3 is 2.76 bits per heavy atom. The standard InChI is InChI=1S/C10H17N5O2/c1-7(2)15(6-9(11)13-17)10(16)8-4-12-14(3)5-8/h4-5,7,17H,6H2,1-3H3,(H2,11,13). The molecule has 94 valence electrons. The van der Waals surface area contributed by atoms with Crippen LogP contribution in [0.4, 0.5) is 0 Å². The minimum Gasteiger partial charge on any atom is -0.409 e. The van der Waals surface area contributed by atoms with E-state index >= 15 is 0 Å². The van der Waals surface area contributed by atoms with Crippen LogP contribution in [0.5, 0.6) is 0 Å². The van der Waals surface area contributed by atoms with E-state index in [0.717, 1.165) is 0 Å². The van der Waals surface area contributed by atoms with Crippen molar-refractivity contribution in [3.05, 3.63) is 18.0 Å². The normalized spacial score (nSPS) is 11.9. The molecule has 0 saturated heterocycles. The van der Waals surface area contributed by atoms with Gasteiger partial charge in [-0.3, -0.25) is 9.48 Å². The summed E-state index contributed by atoms with van der Waals surface area (Å²) in [5, 5.41) is 15.3. The lowest BCUT2D eigenvalue weighted by molar-refractivity contribution is 0.0734. The van der Waals surface area contributed by atoms with Gasteiger partial charge in [-0.1, -0.05) is 5.16 Å². The van der Waals surface area contributed by atoms with Crippen LogP contribution in [0.3, 0.4) is 0 Å². The number of oxime groups is 1. The number of nitrogens with zero attached hydrogens (tertiary/aromatic N) is 4. The molecule has 0 fully saturated rings. The number of hydrogen-bond acceptors (Lipinski definition) is 4. The lowest BCUT2D eigenvalue weighted by atomic mass is 10.2. The monoisotopic (exact) mass is 239 g/mol. The maximum absolute atomic E-state index is 12.1. The van der Waals surface area contributed by atoms with Gasteiger partial charge in [-0.05, 0) is 13.8 Å². The van der Waals surface area contributed by atoms with E-state index in [4.69, 9.17) is 10.9 Å². The predicted molar refractivity (Wildman–Crippen MR) is 62.8 cm³/mol. The summed E-state index contributed by atoms with van der Waals surface area (Å²) in [6.45, 7) is 3.81. The Hall–Kier alpha value is -2.05. The smallest absolute Gasteiger partial charge is 0.257 e. The lowest BCUT2D eigenvalue weighted by Crippen LogP contribution is -2.42. The van der Waals surface area contributed by atoms with Crippen LogP contribution in [0.1, 0.15) is 24.2 Å². The lowest BCUT2D eigenvalue weighted by Gasteiger charge is -2.25. The van der Waals surface area contributed by atoms with Crippen molar-refractivity contribution in [3.8, 4) is 0 Å². The minimum atomic E-state index is -0.195. The number of hydrogen-bond donors (Lipinski definition) is 2. The molecule has 17 heavy (non-hydrogen) atoms. The van der Waals surface area contributed by atoms with Crippen LogP contribution >= 0.6 is 0 Å². The average molecular weight is 239 g/mol. The zero-order chi connectivity index (χ0) is 13.0. The molecule has 1 aromatic heterocycles. The molecule has 0 radical (unpaired) electrons.